The van der Waals surface area contributed by atoms with E-state index in [2.05, 4.69) is 0 Å². The van der Waals surface area contributed by atoms with Crippen molar-refractivity contribution in [1.29, 1.82) is 0 Å². The van der Waals surface area contributed by atoms with E-state index in [4.69, 9.17) is 5.11 Å². The van der Waals surface area contributed by atoms with Gasteiger partial charge in [-0.2, -0.15) is 0 Å². The summed E-state index contributed by atoms with van der Waals surface area (Å²) in [6.45, 7) is 3.19. The van der Waals surface area contributed by atoms with Crippen LogP contribution in [0.3, 0.4) is 0 Å². The molecule has 1 aromatic carbocycles. The van der Waals surface area contributed by atoms with Crippen molar-refractivity contribution in [2.45, 2.75) is 26.4 Å². The Labute approximate surface area is 93.5 Å². The average molecular weight is 222 g/mol. The number of aliphatic hydroxyl groups is 1. The highest BCUT2D eigenvalue weighted by Crippen LogP contribution is 2.20. The van der Waals surface area contributed by atoms with Crippen molar-refractivity contribution in [3.8, 4) is 0 Å². The largest absolute Gasteiger partial charge is 0.479 e. The molecule has 16 heavy (non-hydrogen) atoms. The molecule has 0 heterocycles. The second-order valence-electron chi connectivity index (χ2n) is 3.81. The lowest BCUT2D eigenvalue weighted by Crippen LogP contribution is -2.12. The fourth-order valence-corrected chi connectivity index (χ4v) is 1.51. The van der Waals surface area contributed by atoms with Crippen LogP contribution in [0, 0.1) is 6.92 Å². The number of Topliss-reactive ketones (excluding diaryl/α,β-unsaturated/α-hetero) is 1. The summed E-state index contributed by atoms with van der Waals surface area (Å²) in [4.78, 5) is 21.6. The minimum atomic E-state index is -1.54. The Morgan fingerprint density at radius 2 is 2.00 bits per heavy atom. The van der Waals surface area contributed by atoms with Crippen LogP contribution < -0.4 is 0 Å². The number of aliphatic carboxylic acids is 1. The molecule has 1 rings (SSSR count). The van der Waals surface area contributed by atoms with Crippen LogP contribution in [0.4, 0.5) is 0 Å². The number of hydrogen-bond donors (Lipinski definition) is 2. The number of carbonyl (C=O) groups excluding carboxylic acids is 1. The first-order valence-electron chi connectivity index (χ1n) is 4.91. The molecular weight excluding hydrogens is 208 g/mol. The summed E-state index contributed by atoms with van der Waals surface area (Å²) < 4.78 is 0. The van der Waals surface area contributed by atoms with E-state index >= 15 is 0 Å². The SMILES string of the molecule is CC(=O)Cc1ccc(C)c(C(O)C(=O)O)c1. The molecular formula is C12H14O4. The second-order valence-corrected chi connectivity index (χ2v) is 3.81. The maximum absolute atomic E-state index is 10.9. The van der Waals surface area contributed by atoms with Gasteiger partial charge in [0.25, 0.3) is 0 Å². The lowest BCUT2D eigenvalue weighted by molar-refractivity contribution is -0.147. The Morgan fingerprint density at radius 3 is 2.50 bits per heavy atom. The summed E-state index contributed by atoms with van der Waals surface area (Å²) in [5.74, 6) is -1.29. The van der Waals surface area contributed by atoms with Crippen LogP contribution in [0.2, 0.25) is 0 Å². The molecule has 1 unspecified atom stereocenters. The third-order valence-electron chi connectivity index (χ3n) is 2.33. The number of aryl methyl sites for hydroxylation is 1. The normalized spacial score (nSPS) is 12.2. The third-order valence-corrected chi connectivity index (χ3v) is 2.33. The minimum Gasteiger partial charge on any atom is -0.479 e. The highest BCUT2D eigenvalue weighted by atomic mass is 16.4. The molecule has 0 aliphatic carbocycles. The molecule has 0 bridgehead atoms. The van der Waals surface area contributed by atoms with Crippen LogP contribution >= 0.6 is 0 Å². The number of carbonyl (C=O) groups is 2. The highest BCUT2D eigenvalue weighted by Gasteiger charge is 2.18. The molecule has 4 heteroatoms. The first kappa shape index (κ1) is 12.4. The Kier molecular flexibility index (Phi) is 3.79. The first-order chi connectivity index (χ1) is 7.41. The number of carboxylic acid groups (broad SMARTS) is 1. The van der Waals surface area contributed by atoms with Gasteiger partial charge in [-0.25, -0.2) is 4.79 Å². The average Bonchev–Trinajstić information content (AvgIpc) is 2.19. The Bertz CT molecular complexity index is 423. The molecule has 0 saturated carbocycles. The van der Waals surface area contributed by atoms with Gasteiger partial charge in [-0.3, -0.25) is 4.79 Å². The molecule has 1 atom stereocenters. The van der Waals surface area contributed by atoms with Crippen molar-refractivity contribution in [3.63, 3.8) is 0 Å². The monoisotopic (exact) mass is 222 g/mol. The summed E-state index contributed by atoms with van der Waals surface area (Å²) in [5, 5.41) is 18.2. The number of aliphatic hydroxyl groups excluding tert-OH is 1. The molecule has 0 saturated heterocycles. The van der Waals surface area contributed by atoms with Crippen molar-refractivity contribution in [3.05, 3.63) is 34.9 Å². The van der Waals surface area contributed by atoms with Crippen LogP contribution in [0.5, 0.6) is 0 Å². The number of rotatable bonds is 4. The Morgan fingerprint density at radius 1 is 1.38 bits per heavy atom. The summed E-state index contributed by atoms with van der Waals surface area (Å²) in [6.07, 6.45) is -1.29. The van der Waals surface area contributed by atoms with Gasteiger partial charge in [0.1, 0.15) is 5.78 Å². The van der Waals surface area contributed by atoms with Crippen molar-refractivity contribution >= 4 is 11.8 Å². The van der Waals surface area contributed by atoms with Crippen LogP contribution in [0.15, 0.2) is 18.2 Å². The third kappa shape index (κ3) is 2.90. The van der Waals surface area contributed by atoms with Gasteiger partial charge in [0, 0.05) is 6.42 Å². The quantitative estimate of drug-likeness (QED) is 0.803. The predicted molar refractivity (Wildman–Crippen MR) is 58.2 cm³/mol. The highest BCUT2D eigenvalue weighted by molar-refractivity contribution is 5.79. The molecule has 0 amide bonds. The van der Waals surface area contributed by atoms with Gasteiger partial charge < -0.3 is 10.2 Å². The van der Waals surface area contributed by atoms with Gasteiger partial charge in [0.15, 0.2) is 6.10 Å². The second kappa shape index (κ2) is 4.90. The maximum Gasteiger partial charge on any atom is 0.337 e. The Balaban J connectivity index is 3.08. The van der Waals surface area contributed by atoms with E-state index in [1.807, 2.05) is 0 Å². The van der Waals surface area contributed by atoms with E-state index in [1.54, 1.807) is 25.1 Å². The van der Waals surface area contributed by atoms with Crippen molar-refractivity contribution < 1.29 is 19.8 Å². The fourth-order valence-electron chi connectivity index (χ4n) is 1.51. The van der Waals surface area contributed by atoms with Crippen LogP contribution in [-0.4, -0.2) is 22.0 Å². The zero-order valence-electron chi connectivity index (χ0n) is 9.23. The van der Waals surface area contributed by atoms with Crippen LogP contribution in [0.25, 0.3) is 0 Å². The summed E-state index contributed by atoms with van der Waals surface area (Å²) in [7, 11) is 0. The molecule has 0 aliphatic heterocycles. The van der Waals surface area contributed by atoms with E-state index in [0.29, 0.717) is 16.7 Å². The van der Waals surface area contributed by atoms with Gasteiger partial charge in [-0.15, -0.1) is 0 Å². The lowest BCUT2D eigenvalue weighted by Gasteiger charge is -2.11. The Hall–Kier alpha value is -1.68. The first-order valence-corrected chi connectivity index (χ1v) is 4.91. The van der Waals surface area contributed by atoms with E-state index in [1.165, 1.54) is 6.92 Å². The predicted octanol–water partition coefficient (Wildman–Crippen LogP) is 1.24. The summed E-state index contributed by atoms with van der Waals surface area (Å²) in [5.41, 5.74) is 1.75. The van der Waals surface area contributed by atoms with Gasteiger partial charge in [0.2, 0.25) is 0 Å². The summed E-state index contributed by atoms with van der Waals surface area (Å²) in [6, 6.07) is 5.03. The minimum absolute atomic E-state index is 0.000354. The molecule has 0 aromatic heterocycles. The smallest absolute Gasteiger partial charge is 0.337 e. The zero-order valence-corrected chi connectivity index (χ0v) is 9.23. The van der Waals surface area contributed by atoms with E-state index < -0.39 is 12.1 Å². The van der Waals surface area contributed by atoms with Crippen molar-refractivity contribution in [2.75, 3.05) is 0 Å². The van der Waals surface area contributed by atoms with Gasteiger partial charge in [-0.1, -0.05) is 18.2 Å². The summed E-state index contributed by atoms with van der Waals surface area (Å²) >= 11 is 0. The standard InChI is InChI=1S/C12H14O4/c1-7-3-4-9(5-8(2)13)6-10(7)11(14)12(15)16/h3-4,6,11,14H,5H2,1-2H3,(H,15,16). The molecule has 86 valence electrons. The molecule has 1 aromatic rings. The van der Waals surface area contributed by atoms with Gasteiger partial charge in [0.05, 0.1) is 0 Å². The molecule has 0 fully saturated rings. The number of benzene rings is 1. The van der Waals surface area contributed by atoms with Crippen LogP contribution in [-0.2, 0) is 16.0 Å². The van der Waals surface area contributed by atoms with Gasteiger partial charge >= 0.3 is 5.97 Å². The number of hydrogen-bond acceptors (Lipinski definition) is 3. The molecule has 0 radical (unpaired) electrons. The topological polar surface area (TPSA) is 74.6 Å². The van der Waals surface area contributed by atoms with Crippen molar-refractivity contribution in [2.24, 2.45) is 0 Å². The zero-order chi connectivity index (χ0) is 12.3. The maximum atomic E-state index is 10.9. The molecule has 4 nitrogen and oxygen atoms in total. The molecule has 0 spiro atoms. The molecule has 2 N–H and O–H groups in total. The van der Waals surface area contributed by atoms with Crippen LogP contribution in [0.1, 0.15) is 29.7 Å². The lowest BCUT2D eigenvalue weighted by atomic mass is 9.98. The van der Waals surface area contributed by atoms with E-state index in [0.717, 1.165) is 0 Å². The molecule has 0 aliphatic rings. The fraction of sp³-hybridized carbons (Fsp3) is 0.333. The van der Waals surface area contributed by atoms with E-state index in [-0.39, 0.29) is 12.2 Å². The van der Waals surface area contributed by atoms with Crippen molar-refractivity contribution in [1.82, 2.24) is 0 Å². The van der Waals surface area contributed by atoms with E-state index in [9.17, 15) is 14.7 Å². The number of ketones is 1. The van der Waals surface area contributed by atoms with Gasteiger partial charge in [-0.05, 0) is 30.5 Å². The number of carboxylic acids is 1.